The molecule has 18 heavy (non-hydrogen) atoms. The van der Waals surface area contributed by atoms with E-state index in [0.29, 0.717) is 0 Å². The van der Waals surface area contributed by atoms with Crippen LogP contribution in [0.15, 0.2) is 43.2 Å². The molecule has 0 N–H and O–H groups in total. The molecule has 1 atom stereocenters. The van der Waals surface area contributed by atoms with Crippen molar-refractivity contribution in [1.82, 2.24) is 19.4 Å². The highest BCUT2D eigenvalue weighted by molar-refractivity contribution is 5.77. The van der Waals surface area contributed by atoms with Crippen LogP contribution in [0.3, 0.4) is 0 Å². The van der Waals surface area contributed by atoms with Crippen LogP contribution in [0.1, 0.15) is 24.4 Å². The second kappa shape index (κ2) is 4.60. The minimum atomic E-state index is -0.00758. The SMILES string of the molecule is O=C(N1CCCC1c1ccncc1)n1ccnc1. The fourth-order valence-corrected chi connectivity index (χ4v) is 2.45. The van der Waals surface area contributed by atoms with Gasteiger partial charge in [0.2, 0.25) is 0 Å². The summed E-state index contributed by atoms with van der Waals surface area (Å²) in [6.45, 7) is 0.796. The van der Waals surface area contributed by atoms with Crippen LogP contribution in [0.25, 0.3) is 0 Å². The van der Waals surface area contributed by atoms with E-state index in [4.69, 9.17) is 0 Å². The highest BCUT2D eigenvalue weighted by atomic mass is 16.2. The van der Waals surface area contributed by atoms with Crippen molar-refractivity contribution in [3.63, 3.8) is 0 Å². The topological polar surface area (TPSA) is 51.0 Å². The van der Waals surface area contributed by atoms with Crippen molar-refractivity contribution in [3.8, 4) is 0 Å². The van der Waals surface area contributed by atoms with Crippen LogP contribution in [0.4, 0.5) is 4.79 Å². The van der Waals surface area contributed by atoms with Gasteiger partial charge >= 0.3 is 6.03 Å². The molecule has 5 nitrogen and oxygen atoms in total. The minimum Gasteiger partial charge on any atom is -0.317 e. The number of pyridine rings is 1. The molecule has 0 aliphatic carbocycles. The summed E-state index contributed by atoms with van der Waals surface area (Å²) in [7, 11) is 0. The third kappa shape index (κ3) is 1.88. The fourth-order valence-electron chi connectivity index (χ4n) is 2.45. The van der Waals surface area contributed by atoms with Crippen LogP contribution >= 0.6 is 0 Å². The summed E-state index contributed by atoms with van der Waals surface area (Å²) in [4.78, 5) is 22.2. The van der Waals surface area contributed by atoms with Gasteiger partial charge in [0.15, 0.2) is 0 Å². The molecule has 0 spiro atoms. The number of amides is 1. The lowest BCUT2D eigenvalue weighted by Gasteiger charge is -2.24. The first-order valence-electron chi connectivity index (χ1n) is 6.05. The monoisotopic (exact) mass is 242 g/mol. The van der Waals surface area contributed by atoms with Crippen LogP contribution in [0.5, 0.6) is 0 Å². The van der Waals surface area contributed by atoms with Crippen LogP contribution < -0.4 is 0 Å². The van der Waals surface area contributed by atoms with E-state index in [1.165, 1.54) is 4.57 Å². The molecule has 3 rings (SSSR count). The van der Waals surface area contributed by atoms with Crippen molar-refractivity contribution in [2.45, 2.75) is 18.9 Å². The van der Waals surface area contributed by atoms with E-state index in [2.05, 4.69) is 9.97 Å². The zero-order chi connectivity index (χ0) is 12.4. The van der Waals surface area contributed by atoms with Crippen molar-refractivity contribution < 1.29 is 4.79 Å². The first kappa shape index (κ1) is 11.0. The van der Waals surface area contributed by atoms with E-state index < -0.39 is 0 Å². The Balaban J connectivity index is 1.86. The molecule has 3 heterocycles. The maximum Gasteiger partial charge on any atom is 0.329 e. The standard InChI is InChI=1S/C13H14N4O/c18-13(16-9-7-15-10-16)17-8-1-2-12(17)11-3-5-14-6-4-11/h3-7,9-10,12H,1-2,8H2. The number of rotatable bonds is 1. The molecule has 2 aromatic rings. The third-order valence-corrected chi connectivity index (χ3v) is 3.31. The molecule has 0 saturated carbocycles. The number of aromatic nitrogens is 3. The molecular weight excluding hydrogens is 228 g/mol. The fraction of sp³-hybridized carbons (Fsp3) is 0.308. The Morgan fingerprint density at radius 2 is 2.06 bits per heavy atom. The van der Waals surface area contributed by atoms with Gasteiger partial charge in [-0.05, 0) is 30.5 Å². The molecule has 1 saturated heterocycles. The van der Waals surface area contributed by atoms with Crippen LogP contribution in [0, 0.1) is 0 Å². The smallest absolute Gasteiger partial charge is 0.317 e. The number of hydrogen-bond acceptors (Lipinski definition) is 3. The van der Waals surface area contributed by atoms with Crippen molar-refractivity contribution >= 4 is 6.03 Å². The van der Waals surface area contributed by atoms with Gasteiger partial charge in [0, 0.05) is 31.3 Å². The number of carbonyl (C=O) groups excluding carboxylic acids is 1. The Kier molecular flexibility index (Phi) is 2.80. The maximum atomic E-state index is 12.3. The van der Waals surface area contributed by atoms with E-state index in [1.54, 1.807) is 31.1 Å². The Morgan fingerprint density at radius 1 is 1.22 bits per heavy atom. The third-order valence-electron chi connectivity index (χ3n) is 3.31. The molecule has 1 aliphatic heterocycles. The van der Waals surface area contributed by atoms with Gasteiger partial charge in [0.25, 0.3) is 0 Å². The van der Waals surface area contributed by atoms with E-state index >= 15 is 0 Å². The molecule has 5 heteroatoms. The first-order chi connectivity index (χ1) is 8.86. The van der Waals surface area contributed by atoms with E-state index in [0.717, 1.165) is 24.9 Å². The lowest BCUT2D eigenvalue weighted by atomic mass is 10.1. The molecule has 0 bridgehead atoms. The van der Waals surface area contributed by atoms with Crippen molar-refractivity contribution in [2.75, 3.05) is 6.54 Å². The highest BCUT2D eigenvalue weighted by Gasteiger charge is 2.30. The largest absolute Gasteiger partial charge is 0.329 e. The number of imidazole rings is 1. The van der Waals surface area contributed by atoms with Gasteiger partial charge < -0.3 is 4.90 Å². The van der Waals surface area contributed by atoms with E-state index in [9.17, 15) is 4.79 Å². The van der Waals surface area contributed by atoms with Crippen molar-refractivity contribution in [1.29, 1.82) is 0 Å². The summed E-state index contributed by atoms with van der Waals surface area (Å²) >= 11 is 0. The lowest BCUT2D eigenvalue weighted by molar-refractivity contribution is 0.194. The Labute approximate surface area is 105 Å². The normalized spacial score (nSPS) is 19.1. The summed E-state index contributed by atoms with van der Waals surface area (Å²) in [5, 5.41) is 0. The number of likely N-dealkylation sites (tertiary alicyclic amines) is 1. The van der Waals surface area contributed by atoms with Gasteiger partial charge in [0.05, 0.1) is 6.04 Å². The quantitative estimate of drug-likeness (QED) is 0.769. The summed E-state index contributed by atoms with van der Waals surface area (Å²) in [5.41, 5.74) is 1.15. The molecule has 1 aliphatic rings. The highest BCUT2D eigenvalue weighted by Crippen LogP contribution is 2.31. The van der Waals surface area contributed by atoms with Crippen LogP contribution in [-0.4, -0.2) is 32.0 Å². The Hall–Kier alpha value is -2.17. The molecule has 2 aromatic heterocycles. The molecule has 1 unspecified atom stereocenters. The van der Waals surface area contributed by atoms with Crippen LogP contribution in [0.2, 0.25) is 0 Å². The summed E-state index contributed by atoms with van der Waals surface area (Å²) in [6.07, 6.45) is 10.4. The van der Waals surface area contributed by atoms with Gasteiger partial charge in [-0.25, -0.2) is 9.78 Å². The average Bonchev–Trinajstić information content (AvgIpc) is 3.10. The minimum absolute atomic E-state index is 0.00758. The average molecular weight is 242 g/mol. The second-order valence-corrected chi connectivity index (χ2v) is 4.38. The number of hydrogen-bond donors (Lipinski definition) is 0. The Bertz CT molecular complexity index is 523. The van der Waals surface area contributed by atoms with Gasteiger partial charge in [-0.1, -0.05) is 0 Å². The van der Waals surface area contributed by atoms with Gasteiger partial charge in [-0.3, -0.25) is 9.55 Å². The van der Waals surface area contributed by atoms with Gasteiger partial charge in [-0.15, -0.1) is 0 Å². The van der Waals surface area contributed by atoms with Crippen molar-refractivity contribution in [3.05, 3.63) is 48.8 Å². The molecule has 92 valence electrons. The molecule has 0 radical (unpaired) electrons. The van der Waals surface area contributed by atoms with Gasteiger partial charge in [0.1, 0.15) is 6.33 Å². The Morgan fingerprint density at radius 3 is 2.78 bits per heavy atom. The molecular formula is C13H14N4O. The molecule has 0 aromatic carbocycles. The van der Waals surface area contributed by atoms with Crippen LogP contribution in [-0.2, 0) is 0 Å². The van der Waals surface area contributed by atoms with Gasteiger partial charge in [-0.2, -0.15) is 0 Å². The maximum absolute atomic E-state index is 12.3. The number of nitrogens with zero attached hydrogens (tertiary/aromatic N) is 4. The lowest BCUT2D eigenvalue weighted by Crippen LogP contribution is -2.33. The zero-order valence-electron chi connectivity index (χ0n) is 9.94. The molecule has 1 amide bonds. The van der Waals surface area contributed by atoms with E-state index in [-0.39, 0.29) is 12.1 Å². The predicted octanol–water partition coefficient (Wildman–Crippen LogP) is 2.08. The second-order valence-electron chi connectivity index (χ2n) is 4.38. The first-order valence-corrected chi connectivity index (χ1v) is 6.05. The number of carbonyl (C=O) groups is 1. The zero-order valence-corrected chi connectivity index (χ0v) is 9.94. The molecule has 1 fully saturated rings. The van der Waals surface area contributed by atoms with E-state index in [1.807, 2.05) is 17.0 Å². The summed E-state index contributed by atoms with van der Waals surface area (Å²) in [5.74, 6) is 0. The summed E-state index contributed by atoms with van der Waals surface area (Å²) in [6, 6.07) is 4.10. The predicted molar refractivity (Wildman–Crippen MR) is 65.9 cm³/mol. The van der Waals surface area contributed by atoms with Crippen molar-refractivity contribution in [2.24, 2.45) is 0 Å². The summed E-state index contributed by atoms with van der Waals surface area (Å²) < 4.78 is 1.53.